The number of ether oxygens (including phenoxy) is 1. The molecule has 3 atom stereocenters. The molecule has 4 rings (SSSR count). The van der Waals surface area contributed by atoms with Gasteiger partial charge in [-0.3, -0.25) is 9.69 Å². The molecule has 208 valence electrons. The van der Waals surface area contributed by atoms with Crippen LogP contribution in [0.15, 0.2) is 72.8 Å². The molecule has 8 heteroatoms. The molecule has 39 heavy (non-hydrogen) atoms. The Bertz CT molecular complexity index is 1280. The number of carbonyl (C=O) groups excluding carboxylic acids is 1. The molecule has 1 aliphatic rings. The van der Waals surface area contributed by atoms with Gasteiger partial charge in [0.05, 0.1) is 30.9 Å². The van der Waals surface area contributed by atoms with E-state index in [-0.39, 0.29) is 43.3 Å². The second kappa shape index (κ2) is 12.3. The summed E-state index contributed by atoms with van der Waals surface area (Å²) in [5, 5.41) is 9.98. The topological polar surface area (TPSA) is 53.0 Å². The van der Waals surface area contributed by atoms with E-state index in [9.17, 15) is 23.1 Å². The highest BCUT2D eigenvalue weighted by atomic mass is 19.4. The lowest BCUT2D eigenvalue weighted by Gasteiger charge is -2.35. The summed E-state index contributed by atoms with van der Waals surface area (Å²) in [4.78, 5) is 17.4. The standard InChI is InChI=1S/C31H35F3N2O3/c1-21-16-36(22(2)19-37)30(38)27-14-8-7-13-26(27)25-12-6-4-11-24(25)20-39-29(21)18-35(3)17-23-10-5-9-15-28(23)31(32,33)34/h4-15,21-22,29,37H,16-20H2,1-3H3/t21-,22+,29-/m0/s1. The van der Waals surface area contributed by atoms with E-state index in [0.717, 1.165) is 22.8 Å². The van der Waals surface area contributed by atoms with Crippen LogP contribution in [-0.2, 0) is 24.1 Å². The number of amides is 1. The van der Waals surface area contributed by atoms with Crippen molar-refractivity contribution in [2.75, 3.05) is 26.7 Å². The molecule has 5 nitrogen and oxygen atoms in total. The molecule has 0 aliphatic carbocycles. The van der Waals surface area contributed by atoms with Gasteiger partial charge in [-0.1, -0.05) is 67.6 Å². The van der Waals surface area contributed by atoms with Gasteiger partial charge in [0.15, 0.2) is 0 Å². The van der Waals surface area contributed by atoms with Crippen LogP contribution in [0.25, 0.3) is 11.1 Å². The molecule has 0 saturated heterocycles. The molecule has 0 fully saturated rings. The molecule has 1 heterocycles. The number of likely N-dealkylation sites (N-methyl/N-ethyl adjacent to an activating group) is 1. The zero-order chi connectivity index (χ0) is 28.2. The Morgan fingerprint density at radius 1 is 1.00 bits per heavy atom. The maximum Gasteiger partial charge on any atom is 0.416 e. The second-order valence-electron chi connectivity index (χ2n) is 10.4. The maximum atomic E-state index is 13.9. The van der Waals surface area contributed by atoms with Crippen molar-refractivity contribution in [3.63, 3.8) is 0 Å². The molecule has 0 saturated carbocycles. The number of fused-ring (bicyclic) bond motifs is 3. The highest BCUT2D eigenvalue weighted by Crippen LogP contribution is 2.33. The third-order valence-electron chi connectivity index (χ3n) is 7.35. The summed E-state index contributed by atoms with van der Waals surface area (Å²) >= 11 is 0. The number of carbonyl (C=O) groups is 1. The lowest BCUT2D eigenvalue weighted by atomic mass is 9.94. The van der Waals surface area contributed by atoms with E-state index in [4.69, 9.17) is 4.74 Å². The number of aliphatic hydroxyl groups is 1. The van der Waals surface area contributed by atoms with Crippen LogP contribution in [0.1, 0.15) is 40.9 Å². The van der Waals surface area contributed by atoms with E-state index >= 15 is 0 Å². The molecule has 0 aromatic heterocycles. The number of benzene rings is 3. The van der Waals surface area contributed by atoms with E-state index in [1.54, 1.807) is 31.0 Å². The van der Waals surface area contributed by atoms with Crippen LogP contribution < -0.4 is 0 Å². The van der Waals surface area contributed by atoms with E-state index < -0.39 is 17.8 Å². The number of hydrogen-bond acceptors (Lipinski definition) is 4. The minimum atomic E-state index is -4.43. The Morgan fingerprint density at radius 2 is 1.62 bits per heavy atom. The summed E-state index contributed by atoms with van der Waals surface area (Å²) in [5.41, 5.74) is 2.71. The van der Waals surface area contributed by atoms with Crippen molar-refractivity contribution in [3.8, 4) is 11.1 Å². The van der Waals surface area contributed by atoms with Crippen LogP contribution in [0.4, 0.5) is 13.2 Å². The first kappa shape index (κ1) is 28.8. The summed E-state index contributed by atoms with van der Waals surface area (Å²) in [6.45, 7) is 4.65. The van der Waals surface area contributed by atoms with Crippen molar-refractivity contribution in [2.24, 2.45) is 5.92 Å². The van der Waals surface area contributed by atoms with Crippen molar-refractivity contribution in [1.82, 2.24) is 9.80 Å². The SMILES string of the molecule is C[C@H](CO)N1C[C@H](C)[C@H](CN(C)Cc2ccccc2C(F)(F)F)OCc2ccccc2-c2ccccc2C1=O. The van der Waals surface area contributed by atoms with Gasteiger partial charge >= 0.3 is 6.18 Å². The van der Waals surface area contributed by atoms with Gasteiger partial charge in [-0.2, -0.15) is 13.2 Å². The van der Waals surface area contributed by atoms with Gasteiger partial charge in [-0.25, -0.2) is 0 Å². The molecule has 0 spiro atoms. The third-order valence-corrected chi connectivity index (χ3v) is 7.35. The van der Waals surface area contributed by atoms with Crippen LogP contribution in [0.5, 0.6) is 0 Å². The summed E-state index contributed by atoms with van der Waals surface area (Å²) < 4.78 is 47.2. The molecule has 0 radical (unpaired) electrons. The van der Waals surface area contributed by atoms with Gasteiger partial charge in [0, 0.05) is 31.1 Å². The van der Waals surface area contributed by atoms with Gasteiger partial charge < -0.3 is 14.7 Å². The smallest absolute Gasteiger partial charge is 0.394 e. The number of nitrogens with zero attached hydrogens (tertiary/aromatic N) is 2. The van der Waals surface area contributed by atoms with Crippen molar-refractivity contribution in [2.45, 2.75) is 45.3 Å². The molecule has 0 unspecified atom stereocenters. The van der Waals surface area contributed by atoms with E-state index in [0.29, 0.717) is 18.7 Å². The molecule has 0 bridgehead atoms. The number of rotatable bonds is 6. The summed E-state index contributed by atoms with van der Waals surface area (Å²) in [6.07, 6.45) is -4.82. The van der Waals surface area contributed by atoms with Crippen LogP contribution in [-0.4, -0.2) is 59.7 Å². The Balaban J connectivity index is 1.67. The van der Waals surface area contributed by atoms with E-state index in [1.807, 2.05) is 54.3 Å². The Kier molecular flexibility index (Phi) is 9.10. The fourth-order valence-electron chi connectivity index (χ4n) is 5.15. The second-order valence-corrected chi connectivity index (χ2v) is 10.4. The lowest BCUT2D eigenvalue weighted by molar-refractivity contribution is -0.138. The molecule has 3 aromatic rings. The van der Waals surface area contributed by atoms with Crippen LogP contribution in [0.2, 0.25) is 0 Å². The summed E-state index contributed by atoms with van der Waals surface area (Å²) in [6, 6.07) is 20.4. The average molecular weight is 541 g/mol. The van der Waals surface area contributed by atoms with Crippen LogP contribution in [0, 0.1) is 5.92 Å². The minimum absolute atomic E-state index is 0.0972. The van der Waals surface area contributed by atoms with Gasteiger partial charge in [-0.05, 0) is 48.4 Å². The van der Waals surface area contributed by atoms with Crippen molar-refractivity contribution in [1.29, 1.82) is 0 Å². The Morgan fingerprint density at radius 3 is 2.31 bits per heavy atom. The van der Waals surface area contributed by atoms with Gasteiger partial charge in [0.25, 0.3) is 5.91 Å². The van der Waals surface area contributed by atoms with Crippen LogP contribution in [0.3, 0.4) is 0 Å². The van der Waals surface area contributed by atoms with Gasteiger partial charge in [0.2, 0.25) is 0 Å². The molecular formula is C31H35F3N2O3. The van der Waals surface area contributed by atoms with Gasteiger partial charge in [-0.15, -0.1) is 0 Å². The normalized spacial score (nSPS) is 19.3. The maximum absolute atomic E-state index is 13.9. The number of alkyl halides is 3. The first-order valence-electron chi connectivity index (χ1n) is 13.1. The summed E-state index contributed by atoms with van der Waals surface area (Å²) in [7, 11) is 1.78. The number of halogens is 3. The quantitative estimate of drug-likeness (QED) is 0.426. The lowest BCUT2D eigenvalue weighted by Crippen LogP contribution is -2.47. The Hall–Kier alpha value is -3.20. The first-order valence-corrected chi connectivity index (χ1v) is 13.1. The van der Waals surface area contributed by atoms with E-state index in [2.05, 4.69) is 0 Å². The number of aliphatic hydroxyl groups excluding tert-OH is 1. The largest absolute Gasteiger partial charge is 0.416 e. The van der Waals surface area contributed by atoms with E-state index in [1.165, 1.54) is 12.1 Å². The third kappa shape index (κ3) is 6.69. The summed E-state index contributed by atoms with van der Waals surface area (Å²) in [5.74, 6) is -0.345. The van der Waals surface area contributed by atoms with Gasteiger partial charge in [0.1, 0.15) is 0 Å². The molecule has 3 aromatic carbocycles. The zero-order valence-electron chi connectivity index (χ0n) is 22.5. The molecule has 1 N–H and O–H groups in total. The molecule has 1 aliphatic heterocycles. The molecular weight excluding hydrogens is 505 g/mol. The van der Waals surface area contributed by atoms with Crippen LogP contribution >= 0.6 is 0 Å². The van der Waals surface area contributed by atoms with Crippen molar-refractivity contribution in [3.05, 3.63) is 95.1 Å². The highest BCUT2D eigenvalue weighted by Gasteiger charge is 2.34. The Labute approximate surface area is 227 Å². The highest BCUT2D eigenvalue weighted by molar-refractivity contribution is 6.01. The molecule has 1 amide bonds. The fourth-order valence-corrected chi connectivity index (χ4v) is 5.15. The monoisotopic (exact) mass is 540 g/mol. The average Bonchev–Trinajstić information content (AvgIpc) is 2.94. The number of hydrogen-bond donors (Lipinski definition) is 1. The first-order chi connectivity index (χ1) is 18.6. The predicted octanol–water partition coefficient (Wildman–Crippen LogP) is 5.86. The zero-order valence-corrected chi connectivity index (χ0v) is 22.5. The minimum Gasteiger partial charge on any atom is -0.394 e. The van der Waals surface area contributed by atoms with Crippen molar-refractivity contribution < 1.29 is 27.8 Å². The predicted molar refractivity (Wildman–Crippen MR) is 145 cm³/mol. The fraction of sp³-hybridized carbons (Fsp3) is 0.387. The van der Waals surface area contributed by atoms with Crippen molar-refractivity contribution >= 4 is 5.91 Å².